The van der Waals surface area contributed by atoms with E-state index in [1.807, 2.05) is 6.08 Å². The van der Waals surface area contributed by atoms with E-state index in [2.05, 4.69) is 74.2 Å². The number of hydrogen-bond acceptors (Lipinski definition) is 2. The van der Waals surface area contributed by atoms with Crippen molar-refractivity contribution >= 4 is 19.7 Å². The van der Waals surface area contributed by atoms with Gasteiger partial charge in [-0.3, -0.25) is 0 Å². The lowest BCUT2D eigenvalue weighted by atomic mass is 10.2. The molecule has 0 spiro atoms. The first kappa shape index (κ1) is 25.1. The van der Waals surface area contributed by atoms with Crippen molar-refractivity contribution in [1.82, 2.24) is 9.13 Å². The van der Waals surface area contributed by atoms with Gasteiger partial charge in [-0.05, 0) is 69.2 Å². The van der Waals surface area contributed by atoms with Gasteiger partial charge in [0.2, 0.25) is 8.40 Å². The van der Waals surface area contributed by atoms with Gasteiger partial charge in [-0.1, -0.05) is 90.3 Å². The smallest absolute Gasteiger partial charge is 0.236 e. The second-order valence-corrected chi connectivity index (χ2v) is 12.1. The molecule has 0 bridgehead atoms. The molecule has 0 saturated carbocycles. The van der Waals surface area contributed by atoms with Gasteiger partial charge in [-0.2, -0.15) is 0 Å². The minimum absolute atomic E-state index is 1.22. The van der Waals surface area contributed by atoms with Crippen molar-refractivity contribution in [3.8, 4) is 0 Å². The summed E-state index contributed by atoms with van der Waals surface area (Å²) in [5.74, 6) is 0. The fourth-order valence-electron chi connectivity index (χ4n) is 3.99. The maximum Gasteiger partial charge on any atom is 0.236 e. The Morgan fingerprint density at radius 2 is 1.07 bits per heavy atom. The highest BCUT2D eigenvalue weighted by Crippen LogP contribution is 2.21. The van der Waals surface area contributed by atoms with E-state index in [-0.39, 0.29) is 0 Å². The molecule has 0 N–H and O–H groups in total. The summed E-state index contributed by atoms with van der Waals surface area (Å²) in [4.78, 5) is 0. The maximum atomic E-state index is 3.95. The van der Waals surface area contributed by atoms with Crippen LogP contribution in [0.5, 0.6) is 0 Å². The second kappa shape index (κ2) is 14.1. The molecule has 0 aliphatic rings. The van der Waals surface area contributed by atoms with Gasteiger partial charge in [-0.25, -0.2) is 0 Å². The van der Waals surface area contributed by atoms with Crippen LogP contribution in [0, 0.1) is 0 Å². The first-order valence-corrected chi connectivity index (χ1v) is 14.2. The van der Waals surface area contributed by atoms with Gasteiger partial charge in [0.1, 0.15) is 0 Å². The summed E-state index contributed by atoms with van der Waals surface area (Å²) in [7, 11) is -1.94. The molecule has 0 fully saturated rings. The van der Waals surface area contributed by atoms with E-state index in [4.69, 9.17) is 0 Å². The van der Waals surface area contributed by atoms with Crippen molar-refractivity contribution in [2.75, 3.05) is 26.2 Å². The normalized spacial score (nSPS) is 12.1. The largest absolute Gasteiger partial charge is 0.308 e. The summed E-state index contributed by atoms with van der Waals surface area (Å²) >= 11 is 0. The van der Waals surface area contributed by atoms with Crippen molar-refractivity contribution in [1.29, 1.82) is 0 Å². The number of unbranched alkanes of at least 4 members (excludes halogenated alkanes) is 4. The van der Waals surface area contributed by atoms with Gasteiger partial charge in [0.25, 0.3) is 0 Å². The molecule has 0 amide bonds. The summed E-state index contributed by atoms with van der Waals surface area (Å²) in [6.45, 7) is 20.8. The molecule has 0 aliphatic heterocycles. The van der Waals surface area contributed by atoms with E-state index < -0.39 is 8.40 Å². The number of hydrogen-bond donors (Lipinski definition) is 0. The Kier molecular flexibility index (Phi) is 12.7. The molecule has 0 unspecified atom stereocenters. The van der Waals surface area contributed by atoms with E-state index in [1.165, 1.54) is 83.1 Å². The Hall–Kier alpha value is -0.903. The van der Waals surface area contributed by atoms with E-state index in [9.17, 15) is 0 Å². The fourth-order valence-corrected chi connectivity index (χ4v) is 8.29. The maximum absolute atomic E-state index is 3.95. The standard InChI is InChI=1S/C25H46N2Si/c1-7-12-20-26(21-13-8-2)28(6,25-18-16-24(11-5)17-19-25)27(22-14-9-3)23-15-10-4/h11,16-19H,5,7-10,12-15,20-23H2,1-4,6H3. The zero-order valence-corrected chi connectivity index (χ0v) is 20.5. The molecule has 3 heteroatoms. The van der Waals surface area contributed by atoms with Crippen LogP contribution in [0.2, 0.25) is 6.55 Å². The van der Waals surface area contributed by atoms with Crippen molar-refractivity contribution in [3.05, 3.63) is 36.4 Å². The summed E-state index contributed by atoms with van der Waals surface area (Å²) < 4.78 is 5.82. The molecule has 2 nitrogen and oxygen atoms in total. The zero-order chi connectivity index (χ0) is 20.8. The Morgan fingerprint density at radius 3 is 1.36 bits per heavy atom. The molecule has 0 aromatic heterocycles. The van der Waals surface area contributed by atoms with Crippen LogP contribution in [-0.4, -0.2) is 43.7 Å². The third kappa shape index (κ3) is 7.17. The molecule has 0 aliphatic carbocycles. The molecular weight excluding hydrogens is 356 g/mol. The van der Waals surface area contributed by atoms with Gasteiger partial charge >= 0.3 is 0 Å². The van der Waals surface area contributed by atoms with Crippen LogP contribution < -0.4 is 5.19 Å². The zero-order valence-electron chi connectivity index (χ0n) is 19.5. The van der Waals surface area contributed by atoms with E-state index in [0.29, 0.717) is 0 Å². The molecule has 1 aromatic rings. The predicted octanol–water partition coefficient (Wildman–Crippen LogP) is 6.41. The van der Waals surface area contributed by atoms with Crippen LogP contribution in [-0.2, 0) is 0 Å². The summed E-state index contributed by atoms with van der Waals surface area (Å²) in [5.41, 5.74) is 1.22. The molecule has 1 rings (SSSR count). The van der Waals surface area contributed by atoms with Crippen molar-refractivity contribution < 1.29 is 0 Å². The highest BCUT2D eigenvalue weighted by Gasteiger charge is 2.42. The Bertz CT molecular complexity index is 490. The van der Waals surface area contributed by atoms with E-state index in [1.54, 1.807) is 5.19 Å². The average Bonchev–Trinajstić information content (AvgIpc) is 2.73. The second-order valence-electron chi connectivity index (χ2n) is 8.24. The third-order valence-electron chi connectivity index (χ3n) is 6.05. The van der Waals surface area contributed by atoms with Gasteiger partial charge in [0.15, 0.2) is 0 Å². The molecule has 0 atom stereocenters. The lowest BCUT2D eigenvalue weighted by Gasteiger charge is -2.48. The van der Waals surface area contributed by atoms with Crippen molar-refractivity contribution in [2.45, 2.75) is 85.6 Å². The predicted molar refractivity (Wildman–Crippen MR) is 131 cm³/mol. The quantitative estimate of drug-likeness (QED) is 0.295. The third-order valence-corrected chi connectivity index (χ3v) is 10.8. The van der Waals surface area contributed by atoms with Gasteiger partial charge < -0.3 is 9.13 Å². The van der Waals surface area contributed by atoms with Gasteiger partial charge in [0.05, 0.1) is 0 Å². The Morgan fingerprint density at radius 1 is 0.714 bits per heavy atom. The Balaban J connectivity index is 3.37. The molecule has 0 heterocycles. The Labute approximate surface area is 177 Å². The van der Waals surface area contributed by atoms with Crippen LogP contribution in [0.25, 0.3) is 6.08 Å². The molecule has 1 aromatic carbocycles. The lowest BCUT2D eigenvalue weighted by molar-refractivity contribution is 0.316. The van der Waals surface area contributed by atoms with E-state index in [0.717, 1.165) is 0 Å². The lowest BCUT2D eigenvalue weighted by Crippen LogP contribution is -2.71. The van der Waals surface area contributed by atoms with Gasteiger partial charge in [-0.15, -0.1) is 0 Å². The summed E-state index contributed by atoms with van der Waals surface area (Å²) in [6, 6.07) is 9.34. The van der Waals surface area contributed by atoms with Crippen molar-refractivity contribution in [2.24, 2.45) is 0 Å². The first-order chi connectivity index (χ1) is 13.6. The van der Waals surface area contributed by atoms with Gasteiger partial charge in [0, 0.05) is 0 Å². The monoisotopic (exact) mass is 402 g/mol. The average molecular weight is 403 g/mol. The fraction of sp³-hybridized carbons (Fsp3) is 0.680. The topological polar surface area (TPSA) is 6.48 Å². The van der Waals surface area contributed by atoms with Crippen LogP contribution in [0.4, 0.5) is 0 Å². The van der Waals surface area contributed by atoms with Crippen LogP contribution >= 0.6 is 0 Å². The van der Waals surface area contributed by atoms with Crippen molar-refractivity contribution in [3.63, 3.8) is 0 Å². The molecular formula is C25H46N2Si. The molecule has 28 heavy (non-hydrogen) atoms. The number of nitrogens with zero attached hydrogens (tertiary/aromatic N) is 2. The minimum Gasteiger partial charge on any atom is -0.308 e. The van der Waals surface area contributed by atoms with E-state index >= 15 is 0 Å². The number of benzene rings is 1. The molecule has 0 radical (unpaired) electrons. The summed E-state index contributed by atoms with van der Waals surface area (Å²) in [5, 5.41) is 1.57. The highest BCUT2D eigenvalue weighted by molar-refractivity contribution is 6.86. The number of rotatable bonds is 16. The first-order valence-electron chi connectivity index (χ1n) is 11.8. The molecule has 0 saturated heterocycles. The minimum atomic E-state index is -1.94. The van der Waals surface area contributed by atoms with Crippen LogP contribution in [0.15, 0.2) is 30.8 Å². The highest BCUT2D eigenvalue weighted by atomic mass is 28.3. The molecule has 160 valence electrons. The van der Waals surface area contributed by atoms with Crippen LogP contribution in [0.3, 0.4) is 0 Å². The summed E-state index contributed by atoms with van der Waals surface area (Å²) in [6.07, 6.45) is 12.2. The SMILES string of the molecule is C=Cc1ccc([Si](C)(N(CCCC)CCCC)N(CCCC)CCCC)cc1. The van der Waals surface area contributed by atoms with Crippen LogP contribution in [0.1, 0.15) is 84.6 Å².